The van der Waals surface area contributed by atoms with Crippen LogP contribution in [0.25, 0.3) is 5.69 Å². The largest absolute Gasteiger partial charge is 0.493 e. The molecule has 1 aromatic carbocycles. The molecule has 0 unspecified atom stereocenters. The molecule has 2 heterocycles. The van der Waals surface area contributed by atoms with E-state index in [1.165, 1.54) is 4.80 Å². The van der Waals surface area contributed by atoms with Crippen LogP contribution in [0.15, 0.2) is 36.7 Å². The van der Waals surface area contributed by atoms with Gasteiger partial charge in [0, 0.05) is 17.8 Å². The van der Waals surface area contributed by atoms with E-state index in [4.69, 9.17) is 11.5 Å². The lowest BCUT2D eigenvalue weighted by atomic mass is 9.91. The molecule has 1 saturated carbocycles. The first-order valence-electron chi connectivity index (χ1n) is 9.68. The van der Waals surface area contributed by atoms with E-state index in [0.717, 1.165) is 25.7 Å². The van der Waals surface area contributed by atoms with Crippen molar-refractivity contribution < 1.29 is 9.90 Å². The van der Waals surface area contributed by atoms with Crippen molar-refractivity contribution in [1.29, 1.82) is 0 Å². The Kier molecular flexibility index (Phi) is 5.44. The van der Waals surface area contributed by atoms with Crippen LogP contribution >= 0.6 is 0 Å². The first-order valence-corrected chi connectivity index (χ1v) is 9.68. The van der Waals surface area contributed by atoms with Crippen LogP contribution in [0.5, 0.6) is 5.88 Å². The highest BCUT2D eigenvalue weighted by Crippen LogP contribution is 2.28. The van der Waals surface area contributed by atoms with Crippen molar-refractivity contribution in [3.63, 3.8) is 0 Å². The van der Waals surface area contributed by atoms with Crippen molar-refractivity contribution in [2.75, 3.05) is 10.6 Å². The highest BCUT2D eigenvalue weighted by molar-refractivity contribution is 6.00. The molecule has 0 aliphatic heterocycles. The zero-order chi connectivity index (χ0) is 21.1. The molecule has 7 N–H and O–H groups in total. The minimum atomic E-state index is -0.846. The molecule has 0 bridgehead atoms. The quantitative estimate of drug-likeness (QED) is 0.402. The molecule has 3 aromatic rings. The monoisotopic (exact) mass is 409 g/mol. The van der Waals surface area contributed by atoms with Gasteiger partial charge in [-0.2, -0.15) is 25.0 Å². The van der Waals surface area contributed by atoms with Gasteiger partial charge in [-0.05, 0) is 31.0 Å². The fourth-order valence-corrected chi connectivity index (χ4v) is 3.53. The van der Waals surface area contributed by atoms with E-state index in [0.29, 0.717) is 11.4 Å². The van der Waals surface area contributed by atoms with Crippen molar-refractivity contribution in [1.82, 2.24) is 25.0 Å². The van der Waals surface area contributed by atoms with Gasteiger partial charge in [-0.15, -0.1) is 0 Å². The summed E-state index contributed by atoms with van der Waals surface area (Å²) >= 11 is 0. The van der Waals surface area contributed by atoms with Gasteiger partial charge in [-0.1, -0.05) is 18.9 Å². The number of nitrogens with two attached hydrogens (primary N) is 2. The van der Waals surface area contributed by atoms with E-state index in [1.54, 1.807) is 30.6 Å². The lowest BCUT2D eigenvalue weighted by Gasteiger charge is -2.29. The molecule has 0 radical (unpaired) electrons. The molecule has 0 saturated heterocycles. The van der Waals surface area contributed by atoms with Gasteiger partial charge in [0.25, 0.3) is 5.91 Å². The molecule has 11 heteroatoms. The van der Waals surface area contributed by atoms with E-state index in [9.17, 15) is 9.90 Å². The van der Waals surface area contributed by atoms with E-state index < -0.39 is 11.8 Å². The number of hydrogen-bond donors (Lipinski definition) is 5. The number of carbonyl (C=O) groups excluding carboxylic acids is 1. The van der Waals surface area contributed by atoms with Gasteiger partial charge in [0.2, 0.25) is 11.8 Å². The third kappa shape index (κ3) is 4.15. The highest BCUT2D eigenvalue weighted by Gasteiger charge is 2.25. The second kappa shape index (κ2) is 8.33. The van der Waals surface area contributed by atoms with Crippen LogP contribution < -0.4 is 22.1 Å². The summed E-state index contributed by atoms with van der Waals surface area (Å²) in [6, 6.07) is 7.13. The number of anilines is 3. The Morgan fingerprint density at radius 3 is 2.67 bits per heavy atom. The number of benzene rings is 1. The summed E-state index contributed by atoms with van der Waals surface area (Å²) in [5.74, 6) is -1.09. The van der Waals surface area contributed by atoms with E-state index in [1.807, 2.05) is 6.07 Å². The van der Waals surface area contributed by atoms with Gasteiger partial charge in [-0.25, -0.2) is 0 Å². The number of amides is 1. The molecule has 2 aromatic heterocycles. The van der Waals surface area contributed by atoms with Crippen LogP contribution in [0, 0.1) is 0 Å². The highest BCUT2D eigenvalue weighted by atomic mass is 16.3. The number of carbonyl (C=O) groups is 1. The van der Waals surface area contributed by atoms with Crippen molar-refractivity contribution in [3.8, 4) is 11.6 Å². The average Bonchev–Trinajstić information content (AvgIpc) is 3.24. The number of primary amides is 1. The van der Waals surface area contributed by atoms with Crippen molar-refractivity contribution >= 4 is 23.4 Å². The summed E-state index contributed by atoms with van der Waals surface area (Å²) in [7, 11) is 0. The molecule has 4 rings (SSSR count). The summed E-state index contributed by atoms with van der Waals surface area (Å²) in [6.45, 7) is 0. The zero-order valence-electron chi connectivity index (χ0n) is 16.2. The molecular formula is C19H23N9O2. The van der Waals surface area contributed by atoms with E-state index in [-0.39, 0.29) is 29.4 Å². The molecule has 11 nitrogen and oxygen atoms in total. The van der Waals surface area contributed by atoms with Gasteiger partial charge in [0.1, 0.15) is 5.56 Å². The molecule has 1 amide bonds. The number of aromatic nitrogens is 5. The molecule has 1 aliphatic carbocycles. The summed E-state index contributed by atoms with van der Waals surface area (Å²) in [6.07, 6.45) is 7.06. The maximum absolute atomic E-state index is 11.9. The molecule has 1 fully saturated rings. The Morgan fingerprint density at radius 2 is 1.93 bits per heavy atom. The number of nitrogens with zero attached hydrogens (tertiary/aromatic N) is 5. The van der Waals surface area contributed by atoms with Gasteiger partial charge in [0.15, 0.2) is 5.82 Å². The molecule has 2 atom stereocenters. The minimum absolute atomic E-state index is 0.0142. The van der Waals surface area contributed by atoms with Crippen molar-refractivity contribution in [2.24, 2.45) is 11.5 Å². The standard InChI is InChI=1S/C19H23N9O2/c20-13-6-1-2-7-14(13)25-19-26-17(15(16(21)29)18(30)27-19)24-11-4-3-5-12(10-11)28-22-8-9-23-28/h3-5,8-10,13-14H,1-2,6-7,20H2,(H2,21,29)(H3,24,25,26,27,30)/t13-,14+/m0/s1. The van der Waals surface area contributed by atoms with Crippen molar-refractivity contribution in [3.05, 3.63) is 42.2 Å². The first-order chi connectivity index (χ1) is 14.5. The van der Waals surface area contributed by atoms with Crippen LogP contribution in [0.2, 0.25) is 0 Å². The fourth-order valence-electron chi connectivity index (χ4n) is 3.53. The summed E-state index contributed by atoms with van der Waals surface area (Å²) in [5.41, 5.74) is 12.7. The third-order valence-corrected chi connectivity index (χ3v) is 5.03. The second-order valence-corrected chi connectivity index (χ2v) is 7.15. The molecule has 156 valence electrons. The lowest BCUT2D eigenvalue weighted by molar-refractivity contribution is 0.0997. The van der Waals surface area contributed by atoms with Gasteiger partial charge in [0.05, 0.1) is 18.1 Å². The van der Waals surface area contributed by atoms with Crippen LogP contribution in [0.3, 0.4) is 0 Å². The summed E-state index contributed by atoms with van der Waals surface area (Å²) in [5, 5.41) is 24.7. The van der Waals surface area contributed by atoms with Crippen LogP contribution in [-0.2, 0) is 0 Å². The summed E-state index contributed by atoms with van der Waals surface area (Å²) < 4.78 is 0. The number of rotatable bonds is 6. The maximum Gasteiger partial charge on any atom is 0.258 e. The number of aromatic hydroxyl groups is 1. The molecular weight excluding hydrogens is 386 g/mol. The predicted molar refractivity (Wildman–Crippen MR) is 111 cm³/mol. The van der Waals surface area contributed by atoms with Crippen molar-refractivity contribution in [2.45, 2.75) is 37.8 Å². The fraction of sp³-hybridized carbons (Fsp3) is 0.316. The zero-order valence-corrected chi connectivity index (χ0v) is 16.2. The topological polar surface area (TPSA) is 170 Å². The van der Waals surface area contributed by atoms with Crippen LogP contribution in [0.1, 0.15) is 36.0 Å². The Labute approximate surface area is 172 Å². The number of nitrogens with one attached hydrogen (secondary N) is 2. The van der Waals surface area contributed by atoms with E-state index >= 15 is 0 Å². The van der Waals surface area contributed by atoms with Gasteiger partial charge >= 0.3 is 0 Å². The second-order valence-electron chi connectivity index (χ2n) is 7.15. The molecule has 30 heavy (non-hydrogen) atoms. The molecule has 1 aliphatic rings. The average molecular weight is 409 g/mol. The van der Waals surface area contributed by atoms with Gasteiger partial charge in [-0.3, -0.25) is 4.79 Å². The Bertz CT molecular complexity index is 1040. The van der Waals surface area contributed by atoms with Gasteiger partial charge < -0.3 is 27.2 Å². The van der Waals surface area contributed by atoms with Crippen LogP contribution in [0.4, 0.5) is 17.5 Å². The van der Waals surface area contributed by atoms with E-state index in [2.05, 4.69) is 30.8 Å². The minimum Gasteiger partial charge on any atom is -0.493 e. The Morgan fingerprint density at radius 1 is 1.17 bits per heavy atom. The first kappa shape index (κ1) is 19.6. The SMILES string of the molecule is NC(=O)c1c(O)nc(N[C@@H]2CCCC[C@@H]2N)nc1Nc1cccc(-n2nccn2)c1. The molecule has 0 spiro atoms. The lowest BCUT2D eigenvalue weighted by Crippen LogP contribution is -2.43. The number of hydrogen-bond acceptors (Lipinski definition) is 9. The summed E-state index contributed by atoms with van der Waals surface area (Å²) in [4.78, 5) is 21.8. The Balaban J connectivity index is 1.65. The predicted octanol–water partition coefficient (Wildman–Crippen LogP) is 1.29. The Hall–Kier alpha value is -3.73. The normalized spacial score (nSPS) is 18.7. The smallest absolute Gasteiger partial charge is 0.258 e. The maximum atomic E-state index is 11.9. The third-order valence-electron chi connectivity index (χ3n) is 5.03. The van der Waals surface area contributed by atoms with Crippen LogP contribution in [-0.4, -0.2) is 48.1 Å².